The molecule has 0 heterocycles. The van der Waals surface area contributed by atoms with Crippen LogP contribution >= 0.6 is 0 Å². The van der Waals surface area contributed by atoms with Crippen molar-refractivity contribution in [3.05, 3.63) is 22.7 Å². The predicted octanol–water partition coefficient (Wildman–Crippen LogP) is 1.38. The van der Waals surface area contributed by atoms with Crippen molar-refractivity contribution in [1.29, 1.82) is 0 Å². The zero-order valence-electron chi connectivity index (χ0n) is 3.29. The van der Waals surface area contributed by atoms with Crippen LogP contribution in [0.4, 0.5) is 0 Å². The van der Waals surface area contributed by atoms with Crippen LogP contribution in [0.3, 0.4) is 0 Å². The maximum atomic E-state index is 3.74. The third-order valence-corrected chi connectivity index (χ3v) is 1.13. The molecule has 0 saturated carbocycles. The average molecular weight is 67.1 g/mol. The van der Waals surface area contributed by atoms with E-state index in [0.29, 0.717) is 0 Å². The fourth-order valence-electron chi connectivity index (χ4n) is 0.416. The molecule has 0 saturated heterocycles. The molecule has 0 aromatic rings. The Balaban J connectivity index is 2.61. The molecule has 33 valence electrons. The van der Waals surface area contributed by atoms with E-state index in [9.17, 15) is 0 Å². The molecule has 0 aromatic carbocycles. The van der Waals surface area contributed by atoms with E-state index in [1.807, 2.05) is 12.2 Å². The summed E-state index contributed by atoms with van der Waals surface area (Å²) < 4.78 is 1.22. The Morgan fingerprint density at radius 2 is 2.50 bits per heavy atom. The monoisotopic (exact) mass is 67.0 g/mol. The van der Waals surface area contributed by atoms with Gasteiger partial charge in [-0.3, -0.25) is 0 Å². The van der Waals surface area contributed by atoms with Gasteiger partial charge in [0.15, 0.2) is 0 Å². The standard InChI is InChI=1S/C5H5.Fe/c1-2-4-5-3-1;/h1-3H,4H2;/i;1-54. The van der Waals surface area contributed by atoms with Gasteiger partial charge in [-0.25, -0.2) is 0 Å². The van der Waals surface area contributed by atoms with E-state index in [1.165, 1.54) is 4.47 Å². The molecular formula is C5H5Fe. The van der Waals surface area contributed by atoms with Gasteiger partial charge in [0.05, 0.1) is 0 Å². The number of rotatable bonds is 0. The molecule has 0 amide bonds. The van der Waals surface area contributed by atoms with E-state index >= 15 is 0 Å². The van der Waals surface area contributed by atoms with Gasteiger partial charge in [-0.2, -0.15) is 0 Å². The summed E-state index contributed by atoms with van der Waals surface area (Å²) >= 11 is 3.74. The van der Waals surface area contributed by atoms with Crippen LogP contribution in [0, 0.1) is 0 Å². The molecule has 0 fully saturated rings. The quantitative estimate of drug-likeness (QED) is 0.375. The fourth-order valence-corrected chi connectivity index (χ4v) is 0.652. The second-order valence-corrected chi connectivity index (χ2v) is 1.94. The summed E-state index contributed by atoms with van der Waals surface area (Å²) in [6.45, 7) is 0. The Hall–Kier alpha value is -0.000519. The molecule has 0 aliphatic heterocycles. The zero-order chi connectivity index (χ0) is 4.41. The van der Waals surface area contributed by atoms with Gasteiger partial charge in [0, 0.05) is 0 Å². The van der Waals surface area contributed by atoms with E-state index in [1.54, 1.807) is 0 Å². The molecule has 0 radical (unpaired) electrons. The molecule has 1 aliphatic carbocycles. The molecule has 1 heteroatoms. The van der Waals surface area contributed by atoms with Crippen molar-refractivity contribution in [3.8, 4) is 0 Å². The number of hydrogen-bond acceptors (Lipinski definition) is 0. The Kier molecular flexibility index (Phi) is 1.13. The molecule has 1 rings (SSSR count). The normalized spacial score (nSPS) is 18.5. The maximum absolute atomic E-state index is 3.74. The molecule has 0 N–H and O–H groups in total. The minimum atomic E-state index is 1.06. The molecule has 0 bridgehead atoms. The predicted molar refractivity (Wildman–Crippen MR) is 21.8 cm³/mol. The van der Waals surface area contributed by atoms with Gasteiger partial charge in [0.2, 0.25) is 0 Å². The van der Waals surface area contributed by atoms with Gasteiger partial charge in [-0.1, -0.05) is 0 Å². The van der Waals surface area contributed by atoms with Crippen LogP contribution in [0.1, 0.15) is 6.42 Å². The van der Waals surface area contributed by atoms with Gasteiger partial charge in [-0.05, 0) is 0 Å². The van der Waals surface area contributed by atoms with Gasteiger partial charge in [-0.15, -0.1) is 0 Å². The Bertz CT molecular complexity index is 101. The van der Waals surface area contributed by atoms with Crippen LogP contribution < -0.4 is 0 Å². The van der Waals surface area contributed by atoms with Crippen molar-refractivity contribution in [2.24, 2.45) is 0 Å². The van der Waals surface area contributed by atoms with E-state index in [4.69, 9.17) is 0 Å². The van der Waals surface area contributed by atoms with E-state index < -0.39 is 0 Å². The summed E-state index contributed by atoms with van der Waals surface area (Å²) in [6.07, 6.45) is 7.21. The van der Waals surface area contributed by atoms with Gasteiger partial charge < -0.3 is 0 Å². The third-order valence-electron chi connectivity index (χ3n) is 0.717. The molecule has 0 spiro atoms. The summed E-state index contributed by atoms with van der Waals surface area (Å²) in [5.41, 5.74) is 0. The number of hydrogen-bond donors (Lipinski definition) is 0. The minimum absolute atomic E-state index is 1.06. The van der Waals surface area contributed by atoms with Crippen LogP contribution in [0.15, 0.2) is 22.7 Å². The molecule has 1 aliphatic rings. The first kappa shape index (κ1) is 4.17. The Morgan fingerprint density at radius 1 is 1.67 bits per heavy atom. The first-order valence-corrected chi connectivity index (χ1v) is 2.45. The van der Waals surface area contributed by atoms with E-state index in [-0.39, 0.29) is 0 Å². The van der Waals surface area contributed by atoms with Crippen molar-refractivity contribution in [2.45, 2.75) is 6.42 Å². The molecule has 0 unspecified atom stereocenters. The van der Waals surface area contributed by atoms with E-state index in [0.717, 1.165) is 6.42 Å². The van der Waals surface area contributed by atoms with Crippen LogP contribution in [-0.2, 0) is 16.0 Å². The molecule has 0 nitrogen and oxygen atoms in total. The Labute approximate surface area is 45.7 Å². The van der Waals surface area contributed by atoms with Crippen molar-refractivity contribution < 1.29 is 16.0 Å². The van der Waals surface area contributed by atoms with Crippen LogP contribution in [-0.4, -0.2) is 0 Å². The SMILES string of the molecule is [2Fe][C]1=CC=CC1. The molecule has 6 heavy (non-hydrogen) atoms. The molecule has 0 atom stereocenters. The molecule has 0 aromatic heterocycles. The molecular weight excluding hydrogens is 62.1 g/mol. The van der Waals surface area contributed by atoms with Crippen molar-refractivity contribution in [3.63, 3.8) is 0 Å². The Morgan fingerprint density at radius 3 is 2.67 bits per heavy atom. The van der Waals surface area contributed by atoms with Crippen molar-refractivity contribution in [2.75, 3.05) is 0 Å². The summed E-state index contributed by atoms with van der Waals surface area (Å²) in [5.74, 6) is 0. The second-order valence-electron chi connectivity index (χ2n) is 1.23. The second kappa shape index (κ2) is 1.63. The van der Waals surface area contributed by atoms with Gasteiger partial charge in [0.1, 0.15) is 0 Å². The zero-order valence-corrected chi connectivity index (χ0v) is 4.40. The van der Waals surface area contributed by atoms with Gasteiger partial charge >= 0.3 is 45.1 Å². The summed E-state index contributed by atoms with van der Waals surface area (Å²) in [5, 5.41) is 0. The van der Waals surface area contributed by atoms with Crippen molar-refractivity contribution >= 4 is 0 Å². The van der Waals surface area contributed by atoms with Gasteiger partial charge in [0.25, 0.3) is 0 Å². The van der Waals surface area contributed by atoms with Crippen LogP contribution in [0.25, 0.3) is 0 Å². The topological polar surface area (TPSA) is 0 Å². The summed E-state index contributed by atoms with van der Waals surface area (Å²) in [4.78, 5) is 0. The van der Waals surface area contributed by atoms with Crippen molar-refractivity contribution in [1.82, 2.24) is 0 Å². The first-order chi connectivity index (χ1) is 2.89. The summed E-state index contributed by atoms with van der Waals surface area (Å²) in [7, 11) is 0. The average Bonchev–Trinajstić information content (AvgIpc) is 1.86. The third kappa shape index (κ3) is 0.734. The van der Waals surface area contributed by atoms with Crippen LogP contribution in [0.5, 0.6) is 0 Å². The summed E-state index contributed by atoms with van der Waals surface area (Å²) in [6, 6.07) is 0. The number of allylic oxidation sites excluding steroid dienone is 4. The van der Waals surface area contributed by atoms with Crippen LogP contribution in [0.2, 0.25) is 0 Å². The fraction of sp³-hybridized carbons (Fsp3) is 0.200. The first-order valence-electron chi connectivity index (χ1n) is 1.89. The van der Waals surface area contributed by atoms with E-state index in [2.05, 4.69) is 22.1 Å².